The summed E-state index contributed by atoms with van der Waals surface area (Å²) >= 11 is 0. The number of carbonyl (C=O) groups is 1. The molecule has 0 fully saturated rings. The number of unbranched alkanes of at least 4 members (excludes halogenated alkanes) is 1. The maximum absolute atomic E-state index is 11.3. The highest BCUT2D eigenvalue weighted by molar-refractivity contribution is 7.98. The van der Waals surface area contributed by atoms with Crippen molar-refractivity contribution in [2.24, 2.45) is 0 Å². The number of hydrogen-bond acceptors (Lipinski definition) is 4. The fourth-order valence-electron chi connectivity index (χ4n) is 1.13. The van der Waals surface area contributed by atoms with Crippen molar-refractivity contribution in [3.63, 3.8) is 0 Å². The Bertz CT molecular complexity index is 356. The molecule has 1 atom stereocenters. The molecule has 0 aromatic carbocycles. The number of Topliss-reactive ketones (excluding diaryl/α,β-unsaturated/α-hetero) is 1. The molecule has 6 heteroatoms. The van der Waals surface area contributed by atoms with Crippen molar-refractivity contribution in [1.29, 1.82) is 0 Å². The van der Waals surface area contributed by atoms with Crippen LogP contribution in [-0.2, 0) is 25.8 Å². The third-order valence-corrected chi connectivity index (χ3v) is 6.33. The monoisotopic (exact) mass is 326 g/mol. The summed E-state index contributed by atoms with van der Waals surface area (Å²) in [5, 5.41) is 0. The Kier molecular flexibility index (Phi) is 11.8. The minimum Gasteiger partial charge on any atom is -0.748 e. The van der Waals surface area contributed by atoms with Gasteiger partial charge in [0, 0.05) is 12.2 Å². The number of hydrogen-bond donors (Lipinski definition) is 0. The van der Waals surface area contributed by atoms with Crippen LogP contribution < -0.4 is 0 Å². The van der Waals surface area contributed by atoms with E-state index in [0.717, 1.165) is 25.0 Å². The van der Waals surface area contributed by atoms with Crippen LogP contribution in [0.25, 0.3) is 0 Å². The Morgan fingerprint density at radius 3 is 1.90 bits per heavy atom. The molecule has 122 valence electrons. The molecule has 0 heterocycles. The average molecular weight is 327 g/mol. The van der Waals surface area contributed by atoms with E-state index in [1.165, 1.54) is 0 Å². The third kappa shape index (κ3) is 16.0. The Morgan fingerprint density at radius 1 is 1.15 bits per heavy atom. The van der Waals surface area contributed by atoms with Gasteiger partial charge in [0.1, 0.15) is 4.75 Å². The van der Waals surface area contributed by atoms with E-state index >= 15 is 0 Å². The van der Waals surface area contributed by atoms with Gasteiger partial charge in [-0.2, -0.15) is 0 Å². The third-order valence-electron chi connectivity index (χ3n) is 2.70. The molecule has 0 saturated heterocycles. The highest BCUT2D eigenvalue weighted by Crippen LogP contribution is 2.16. The van der Waals surface area contributed by atoms with Crippen molar-refractivity contribution >= 4 is 26.8 Å². The largest absolute Gasteiger partial charge is 0.748 e. The van der Waals surface area contributed by atoms with Gasteiger partial charge in [0.15, 0.2) is 11.5 Å². The van der Waals surface area contributed by atoms with Gasteiger partial charge in [-0.3, -0.25) is 4.79 Å². The van der Waals surface area contributed by atoms with Gasteiger partial charge in [0.2, 0.25) is 0 Å². The fraction of sp³-hybridized carbons (Fsp3) is 0.929. The maximum Gasteiger partial charge on any atom is 0.181 e. The van der Waals surface area contributed by atoms with Gasteiger partial charge < -0.3 is 4.55 Å². The predicted octanol–water partition coefficient (Wildman–Crippen LogP) is 2.73. The van der Waals surface area contributed by atoms with E-state index in [1.54, 1.807) is 0 Å². The molecule has 0 aromatic heterocycles. The lowest BCUT2D eigenvalue weighted by atomic mass is 10.2. The van der Waals surface area contributed by atoms with Gasteiger partial charge in [-0.15, -0.1) is 0 Å². The molecule has 0 aliphatic rings. The van der Waals surface area contributed by atoms with Gasteiger partial charge in [-0.25, -0.2) is 8.42 Å². The van der Waals surface area contributed by atoms with Gasteiger partial charge in [-0.1, -0.05) is 20.3 Å². The highest BCUT2D eigenvalue weighted by atomic mass is 32.2. The second-order valence-corrected chi connectivity index (χ2v) is 10.1. The number of rotatable bonds is 7. The molecule has 0 aliphatic heterocycles. The van der Waals surface area contributed by atoms with Crippen LogP contribution in [0.3, 0.4) is 0 Å². The molecule has 0 aromatic rings. The first kappa shape index (κ1) is 22.2. The van der Waals surface area contributed by atoms with E-state index < -0.39 is 10.1 Å². The minimum atomic E-state index is -3.94. The molecule has 0 radical (unpaired) electrons. The Labute approximate surface area is 127 Å². The maximum atomic E-state index is 11.3. The van der Waals surface area contributed by atoms with Crippen molar-refractivity contribution in [3.05, 3.63) is 0 Å². The summed E-state index contributed by atoms with van der Waals surface area (Å²) in [4.78, 5) is 11.3. The lowest BCUT2D eigenvalue weighted by molar-refractivity contribution is -0.116. The molecule has 0 aliphatic carbocycles. The average Bonchev–Trinajstić information content (AvgIpc) is 2.25. The quantitative estimate of drug-likeness (QED) is 0.532. The van der Waals surface area contributed by atoms with Crippen LogP contribution >= 0.6 is 0 Å². The van der Waals surface area contributed by atoms with Crippen LogP contribution in [0.4, 0.5) is 0 Å². The van der Waals surface area contributed by atoms with E-state index in [1.807, 2.05) is 6.92 Å². The normalized spacial score (nSPS) is 13.3. The van der Waals surface area contributed by atoms with Crippen molar-refractivity contribution in [3.8, 4) is 0 Å². The van der Waals surface area contributed by atoms with Gasteiger partial charge in [-0.05, 0) is 44.5 Å². The SMILES string of the molecule is CCCC(=O)C[S+](C)C(C)(C)C.CCCCS(=O)(=O)[O-]. The van der Waals surface area contributed by atoms with Crippen LogP contribution in [0, 0.1) is 0 Å². The first-order valence-corrected chi connectivity index (χ1v) is 10.4. The van der Waals surface area contributed by atoms with Crippen molar-refractivity contribution < 1.29 is 17.8 Å². The van der Waals surface area contributed by atoms with Crippen LogP contribution in [0.2, 0.25) is 0 Å². The predicted molar refractivity (Wildman–Crippen MR) is 87.3 cm³/mol. The van der Waals surface area contributed by atoms with Gasteiger partial charge in [0.05, 0.1) is 16.4 Å². The molecule has 0 amide bonds. The Hall–Kier alpha value is -0.0700. The number of carbonyl (C=O) groups excluding carboxylic acids is 1. The lowest BCUT2D eigenvalue weighted by Crippen LogP contribution is -2.32. The standard InChI is InChI=1S/C10H21OS.C4H10O3S/c1-6-7-9(11)8-12(5)10(2,3)4;1-2-3-4-8(5,6)7/h6-8H2,1-5H3;2-4H2,1H3,(H,5,6,7)/q+1;/p-1. The first-order valence-electron chi connectivity index (χ1n) is 7.02. The van der Waals surface area contributed by atoms with E-state index in [2.05, 4.69) is 34.0 Å². The molecule has 0 rings (SSSR count). The molecule has 0 saturated carbocycles. The van der Waals surface area contributed by atoms with E-state index in [4.69, 9.17) is 0 Å². The van der Waals surface area contributed by atoms with Crippen LogP contribution in [0.15, 0.2) is 0 Å². The summed E-state index contributed by atoms with van der Waals surface area (Å²) in [5.74, 6) is 0.985. The molecule has 0 bridgehead atoms. The summed E-state index contributed by atoms with van der Waals surface area (Å²) in [6, 6.07) is 0. The molecule has 4 nitrogen and oxygen atoms in total. The second kappa shape index (κ2) is 10.6. The fourth-order valence-corrected chi connectivity index (χ4v) is 2.83. The van der Waals surface area contributed by atoms with Crippen LogP contribution in [-0.4, -0.2) is 41.3 Å². The van der Waals surface area contributed by atoms with Crippen molar-refractivity contribution in [2.75, 3.05) is 17.8 Å². The summed E-state index contributed by atoms with van der Waals surface area (Å²) in [7, 11) is -3.70. The van der Waals surface area contributed by atoms with Gasteiger partial charge >= 0.3 is 0 Å². The van der Waals surface area contributed by atoms with E-state index in [0.29, 0.717) is 17.0 Å². The minimum absolute atomic E-state index is 0.219. The van der Waals surface area contributed by atoms with Crippen molar-refractivity contribution in [2.45, 2.75) is 65.0 Å². The zero-order chi connectivity index (χ0) is 16.4. The number of ketones is 1. The van der Waals surface area contributed by atoms with Crippen LogP contribution in [0.5, 0.6) is 0 Å². The molecule has 20 heavy (non-hydrogen) atoms. The summed E-state index contributed by atoms with van der Waals surface area (Å²) in [6.45, 7) is 10.5. The Balaban J connectivity index is 0. The smallest absolute Gasteiger partial charge is 0.181 e. The Morgan fingerprint density at radius 2 is 1.65 bits per heavy atom. The first-order chi connectivity index (χ1) is 8.94. The van der Waals surface area contributed by atoms with Crippen LogP contribution in [0.1, 0.15) is 60.3 Å². The van der Waals surface area contributed by atoms with Crippen molar-refractivity contribution in [1.82, 2.24) is 0 Å². The van der Waals surface area contributed by atoms with Gasteiger partial charge in [0.25, 0.3) is 0 Å². The molecule has 0 N–H and O–H groups in total. The highest BCUT2D eigenvalue weighted by Gasteiger charge is 2.30. The zero-order valence-electron chi connectivity index (χ0n) is 13.7. The van der Waals surface area contributed by atoms with E-state index in [-0.39, 0.29) is 16.6 Å². The summed E-state index contributed by atoms with van der Waals surface area (Å²) in [5.41, 5.74) is 0. The zero-order valence-corrected chi connectivity index (χ0v) is 15.3. The topological polar surface area (TPSA) is 74.3 Å². The van der Waals surface area contributed by atoms with E-state index in [9.17, 15) is 17.8 Å². The molecular formula is C14H30O4S2. The second-order valence-electron chi connectivity index (χ2n) is 5.80. The summed E-state index contributed by atoms with van der Waals surface area (Å²) in [6.07, 6.45) is 5.16. The summed E-state index contributed by atoms with van der Waals surface area (Å²) < 4.78 is 29.8. The molecule has 1 unspecified atom stereocenters. The lowest BCUT2D eigenvalue weighted by Gasteiger charge is -2.17. The molecular weight excluding hydrogens is 296 g/mol. The molecule has 0 spiro atoms.